The molecule has 0 N–H and O–H groups in total. The second kappa shape index (κ2) is 4.45. The third kappa shape index (κ3) is 4.34. The van der Waals surface area contributed by atoms with Gasteiger partial charge in [0.1, 0.15) is 5.60 Å². The van der Waals surface area contributed by atoms with Gasteiger partial charge in [-0.2, -0.15) is 0 Å². The van der Waals surface area contributed by atoms with E-state index in [-0.39, 0.29) is 5.97 Å². The standard InChI is InChI=1S/C9H18O3/c1-6-7(11-5)8(10)12-9(2,3)4/h7H,6H2,1-5H3. The van der Waals surface area contributed by atoms with Gasteiger partial charge in [0.25, 0.3) is 0 Å². The Morgan fingerprint density at radius 2 is 1.92 bits per heavy atom. The molecular weight excluding hydrogens is 156 g/mol. The van der Waals surface area contributed by atoms with Crippen LogP contribution >= 0.6 is 0 Å². The molecule has 0 rings (SSSR count). The molecule has 0 saturated heterocycles. The molecule has 1 atom stereocenters. The topological polar surface area (TPSA) is 35.5 Å². The maximum Gasteiger partial charge on any atom is 0.335 e. The van der Waals surface area contributed by atoms with E-state index in [9.17, 15) is 4.79 Å². The first-order valence-electron chi connectivity index (χ1n) is 4.16. The summed E-state index contributed by atoms with van der Waals surface area (Å²) in [5.74, 6) is -0.285. The van der Waals surface area contributed by atoms with Crippen LogP contribution in [0, 0.1) is 0 Å². The molecule has 1 unspecified atom stereocenters. The van der Waals surface area contributed by atoms with Gasteiger partial charge in [0.2, 0.25) is 0 Å². The number of carbonyl (C=O) groups excluding carboxylic acids is 1. The minimum Gasteiger partial charge on any atom is -0.458 e. The zero-order valence-electron chi connectivity index (χ0n) is 8.51. The van der Waals surface area contributed by atoms with Gasteiger partial charge in [0.05, 0.1) is 0 Å². The second-order valence-corrected chi connectivity index (χ2v) is 3.67. The van der Waals surface area contributed by atoms with Crippen LogP contribution in [0.5, 0.6) is 0 Å². The van der Waals surface area contributed by atoms with Crippen LogP contribution < -0.4 is 0 Å². The molecule has 12 heavy (non-hydrogen) atoms. The van der Waals surface area contributed by atoms with Crippen molar-refractivity contribution < 1.29 is 14.3 Å². The van der Waals surface area contributed by atoms with E-state index in [0.717, 1.165) is 0 Å². The van der Waals surface area contributed by atoms with Crippen molar-refractivity contribution in [1.82, 2.24) is 0 Å². The van der Waals surface area contributed by atoms with Crippen LogP contribution in [0.3, 0.4) is 0 Å². The van der Waals surface area contributed by atoms with Crippen LogP contribution in [0.15, 0.2) is 0 Å². The molecule has 0 saturated carbocycles. The number of hydrogen-bond donors (Lipinski definition) is 0. The van der Waals surface area contributed by atoms with Gasteiger partial charge in [-0.3, -0.25) is 0 Å². The van der Waals surface area contributed by atoms with E-state index in [1.54, 1.807) is 0 Å². The molecule has 3 heteroatoms. The SMILES string of the molecule is CCC(OC)C(=O)OC(C)(C)C. The lowest BCUT2D eigenvalue weighted by atomic mass is 10.2. The molecule has 0 aliphatic carbocycles. The zero-order valence-corrected chi connectivity index (χ0v) is 8.51. The Labute approximate surface area is 74.0 Å². The Kier molecular flexibility index (Phi) is 4.24. The molecule has 0 spiro atoms. The maximum absolute atomic E-state index is 11.3. The van der Waals surface area contributed by atoms with Crippen LogP contribution in [-0.4, -0.2) is 24.8 Å². The van der Waals surface area contributed by atoms with Gasteiger partial charge in [-0.05, 0) is 27.2 Å². The minimum absolute atomic E-state index is 0.285. The summed E-state index contributed by atoms with van der Waals surface area (Å²) in [7, 11) is 1.51. The number of rotatable bonds is 3. The third-order valence-electron chi connectivity index (χ3n) is 1.32. The van der Waals surface area contributed by atoms with Crippen molar-refractivity contribution in [3.63, 3.8) is 0 Å². The van der Waals surface area contributed by atoms with Crippen molar-refractivity contribution in [2.45, 2.75) is 45.8 Å². The number of carbonyl (C=O) groups is 1. The largest absolute Gasteiger partial charge is 0.458 e. The van der Waals surface area contributed by atoms with Crippen LogP contribution in [0.25, 0.3) is 0 Å². The lowest BCUT2D eigenvalue weighted by Gasteiger charge is -2.22. The van der Waals surface area contributed by atoms with E-state index < -0.39 is 11.7 Å². The molecule has 72 valence electrons. The third-order valence-corrected chi connectivity index (χ3v) is 1.32. The predicted molar refractivity (Wildman–Crippen MR) is 46.9 cm³/mol. The van der Waals surface area contributed by atoms with Crippen LogP contribution in [0.2, 0.25) is 0 Å². The lowest BCUT2D eigenvalue weighted by molar-refractivity contribution is -0.166. The number of ether oxygens (including phenoxy) is 2. The van der Waals surface area contributed by atoms with Gasteiger partial charge in [0.15, 0.2) is 6.10 Å². The molecule has 0 bridgehead atoms. The average molecular weight is 174 g/mol. The quantitative estimate of drug-likeness (QED) is 0.611. The highest BCUT2D eigenvalue weighted by atomic mass is 16.6. The summed E-state index contributed by atoms with van der Waals surface area (Å²) < 4.78 is 10.1. The van der Waals surface area contributed by atoms with Gasteiger partial charge in [-0.1, -0.05) is 6.92 Å². The summed E-state index contributed by atoms with van der Waals surface area (Å²) in [6, 6.07) is 0. The minimum atomic E-state index is -0.428. The van der Waals surface area contributed by atoms with Crippen molar-refractivity contribution in [3.8, 4) is 0 Å². The zero-order chi connectivity index (χ0) is 9.78. The van der Waals surface area contributed by atoms with Crippen molar-refractivity contribution in [2.75, 3.05) is 7.11 Å². The van der Waals surface area contributed by atoms with E-state index in [0.29, 0.717) is 6.42 Å². The summed E-state index contributed by atoms with van der Waals surface area (Å²) in [6.07, 6.45) is 0.218. The highest BCUT2D eigenvalue weighted by Crippen LogP contribution is 2.10. The Morgan fingerprint density at radius 3 is 2.17 bits per heavy atom. The highest BCUT2D eigenvalue weighted by Gasteiger charge is 2.23. The average Bonchev–Trinajstić information content (AvgIpc) is 1.85. The molecule has 0 aliphatic rings. The normalized spacial score (nSPS) is 14.1. The van der Waals surface area contributed by atoms with Gasteiger partial charge in [-0.15, -0.1) is 0 Å². The maximum atomic E-state index is 11.3. The number of esters is 1. The lowest BCUT2D eigenvalue weighted by Crippen LogP contribution is -2.32. The summed E-state index contributed by atoms with van der Waals surface area (Å²) in [4.78, 5) is 11.3. The van der Waals surface area contributed by atoms with Gasteiger partial charge < -0.3 is 9.47 Å². The summed E-state index contributed by atoms with van der Waals surface area (Å²) in [5.41, 5.74) is -0.428. The summed E-state index contributed by atoms with van der Waals surface area (Å²) in [5, 5.41) is 0. The molecule has 0 aromatic heterocycles. The Hall–Kier alpha value is -0.570. The molecule has 0 aromatic rings. The molecule has 0 fully saturated rings. The van der Waals surface area contributed by atoms with E-state index in [2.05, 4.69) is 0 Å². The van der Waals surface area contributed by atoms with E-state index in [1.807, 2.05) is 27.7 Å². The summed E-state index contributed by atoms with van der Waals surface area (Å²) in [6.45, 7) is 7.41. The van der Waals surface area contributed by atoms with Crippen molar-refractivity contribution in [1.29, 1.82) is 0 Å². The Bertz CT molecular complexity index is 142. The van der Waals surface area contributed by atoms with Crippen molar-refractivity contribution >= 4 is 5.97 Å². The Morgan fingerprint density at radius 1 is 1.42 bits per heavy atom. The van der Waals surface area contributed by atoms with Crippen molar-refractivity contribution in [3.05, 3.63) is 0 Å². The second-order valence-electron chi connectivity index (χ2n) is 3.67. The van der Waals surface area contributed by atoms with Gasteiger partial charge in [-0.25, -0.2) is 4.79 Å². The first-order chi connectivity index (χ1) is 5.40. The van der Waals surface area contributed by atoms with E-state index in [1.165, 1.54) is 7.11 Å². The molecule has 0 heterocycles. The van der Waals surface area contributed by atoms with Crippen molar-refractivity contribution in [2.24, 2.45) is 0 Å². The van der Waals surface area contributed by atoms with E-state index >= 15 is 0 Å². The van der Waals surface area contributed by atoms with Gasteiger partial charge >= 0.3 is 5.97 Å². The fourth-order valence-corrected chi connectivity index (χ4v) is 0.797. The molecule has 0 radical (unpaired) electrons. The van der Waals surface area contributed by atoms with Gasteiger partial charge in [0, 0.05) is 7.11 Å². The molecule has 0 amide bonds. The van der Waals surface area contributed by atoms with Crippen LogP contribution in [-0.2, 0) is 14.3 Å². The first-order valence-corrected chi connectivity index (χ1v) is 4.16. The molecule has 0 aliphatic heterocycles. The monoisotopic (exact) mass is 174 g/mol. The number of methoxy groups -OCH3 is 1. The fourth-order valence-electron chi connectivity index (χ4n) is 0.797. The van der Waals surface area contributed by atoms with E-state index in [4.69, 9.17) is 9.47 Å². The number of hydrogen-bond acceptors (Lipinski definition) is 3. The Balaban J connectivity index is 4.02. The van der Waals surface area contributed by atoms with Crippen LogP contribution in [0.4, 0.5) is 0 Å². The first kappa shape index (κ1) is 11.4. The summed E-state index contributed by atoms with van der Waals surface area (Å²) >= 11 is 0. The molecular formula is C9H18O3. The van der Waals surface area contributed by atoms with Crippen LogP contribution in [0.1, 0.15) is 34.1 Å². The fraction of sp³-hybridized carbons (Fsp3) is 0.889. The predicted octanol–water partition coefficient (Wildman–Crippen LogP) is 1.75. The highest BCUT2D eigenvalue weighted by molar-refractivity contribution is 5.74. The molecule has 3 nitrogen and oxygen atoms in total. The molecule has 0 aromatic carbocycles. The smallest absolute Gasteiger partial charge is 0.335 e.